The van der Waals surface area contributed by atoms with E-state index in [0.717, 1.165) is 6.42 Å². The number of alkyl halides is 1. The molecule has 148 valence electrons. The van der Waals surface area contributed by atoms with Gasteiger partial charge in [-0.15, -0.1) is 11.6 Å². The molecule has 3 amide bonds. The molecule has 1 aromatic carbocycles. The average Bonchev–Trinajstić information content (AvgIpc) is 3.14. The van der Waals surface area contributed by atoms with Crippen LogP contribution in [-0.4, -0.2) is 54.2 Å². The van der Waals surface area contributed by atoms with Crippen molar-refractivity contribution >= 4 is 29.3 Å². The van der Waals surface area contributed by atoms with Gasteiger partial charge >= 0.3 is 0 Å². The zero-order valence-electron chi connectivity index (χ0n) is 15.6. The normalized spacial score (nSPS) is 16.9. The van der Waals surface area contributed by atoms with Crippen LogP contribution in [0.25, 0.3) is 0 Å². The molecule has 0 bridgehead atoms. The Kier molecular flexibility index (Phi) is 7.18. The quantitative estimate of drug-likeness (QED) is 0.545. The fourth-order valence-corrected chi connectivity index (χ4v) is 3.03. The first kappa shape index (κ1) is 21.2. The Hall–Kier alpha value is -2.15. The molecule has 2 rings (SSSR count). The summed E-state index contributed by atoms with van der Waals surface area (Å²) in [6, 6.07) is 4.70. The average molecular weight is 398 g/mol. The summed E-state index contributed by atoms with van der Waals surface area (Å²) >= 11 is 5.88. The van der Waals surface area contributed by atoms with Crippen molar-refractivity contribution in [1.29, 1.82) is 0 Å². The minimum atomic E-state index is -0.715. The van der Waals surface area contributed by atoms with Crippen LogP contribution in [0.5, 0.6) is 0 Å². The maximum atomic E-state index is 12.9. The minimum absolute atomic E-state index is 0.125. The zero-order chi connectivity index (χ0) is 20.0. The van der Waals surface area contributed by atoms with E-state index >= 15 is 0 Å². The number of nitrogens with zero attached hydrogens (tertiary/aromatic N) is 1. The number of likely N-dealkylation sites (tertiary alicyclic amines) is 1. The van der Waals surface area contributed by atoms with Crippen LogP contribution < -0.4 is 10.6 Å². The van der Waals surface area contributed by atoms with Gasteiger partial charge in [-0.05, 0) is 51.0 Å². The first-order chi connectivity index (χ1) is 12.8. The number of carbonyl (C=O) groups excluding carboxylic acids is 3. The first-order valence-electron chi connectivity index (χ1n) is 8.95. The Balaban J connectivity index is 1.80. The monoisotopic (exact) mass is 397 g/mol. The van der Waals surface area contributed by atoms with Gasteiger partial charge in [0.15, 0.2) is 0 Å². The summed E-state index contributed by atoms with van der Waals surface area (Å²) in [5, 5.41) is 5.41. The van der Waals surface area contributed by atoms with Crippen LogP contribution in [0.3, 0.4) is 0 Å². The molecule has 0 spiro atoms. The van der Waals surface area contributed by atoms with Gasteiger partial charge in [-0.2, -0.15) is 0 Å². The summed E-state index contributed by atoms with van der Waals surface area (Å²) in [7, 11) is 0. The van der Waals surface area contributed by atoms with E-state index in [0.29, 0.717) is 18.5 Å². The van der Waals surface area contributed by atoms with Crippen molar-refractivity contribution in [3.8, 4) is 0 Å². The summed E-state index contributed by atoms with van der Waals surface area (Å²) < 4.78 is 12.9. The molecule has 1 saturated heterocycles. The van der Waals surface area contributed by atoms with Crippen LogP contribution in [0, 0.1) is 11.2 Å². The van der Waals surface area contributed by atoms with Crippen LogP contribution in [0.2, 0.25) is 0 Å². The summed E-state index contributed by atoms with van der Waals surface area (Å²) in [5.74, 6) is -0.925. The fourth-order valence-electron chi connectivity index (χ4n) is 2.91. The van der Waals surface area contributed by atoms with Crippen molar-refractivity contribution in [2.45, 2.75) is 32.7 Å². The van der Waals surface area contributed by atoms with E-state index in [1.54, 1.807) is 18.7 Å². The second kappa shape index (κ2) is 9.17. The van der Waals surface area contributed by atoms with Crippen LogP contribution >= 0.6 is 11.6 Å². The molecule has 1 aliphatic heterocycles. The molecule has 0 saturated carbocycles. The van der Waals surface area contributed by atoms with Crippen molar-refractivity contribution < 1.29 is 18.8 Å². The highest BCUT2D eigenvalue weighted by molar-refractivity contribution is 6.19. The highest BCUT2D eigenvalue weighted by atomic mass is 35.5. The molecule has 6 nitrogen and oxygen atoms in total. The molecule has 0 radical (unpaired) electrons. The summed E-state index contributed by atoms with van der Waals surface area (Å²) in [4.78, 5) is 38.5. The van der Waals surface area contributed by atoms with Crippen molar-refractivity contribution in [3.63, 3.8) is 0 Å². The van der Waals surface area contributed by atoms with Gasteiger partial charge in [-0.3, -0.25) is 14.4 Å². The Bertz CT molecular complexity index is 694. The van der Waals surface area contributed by atoms with Crippen molar-refractivity contribution in [2.75, 3.05) is 25.5 Å². The minimum Gasteiger partial charge on any atom is -0.353 e. The number of hydrogen-bond acceptors (Lipinski definition) is 3. The lowest BCUT2D eigenvalue weighted by Crippen LogP contribution is -2.51. The third-order valence-electron chi connectivity index (χ3n) is 4.55. The molecule has 1 heterocycles. The Morgan fingerprint density at radius 2 is 1.81 bits per heavy atom. The lowest BCUT2D eigenvalue weighted by molar-refractivity contribution is -0.144. The van der Waals surface area contributed by atoms with E-state index in [1.807, 2.05) is 0 Å². The Morgan fingerprint density at radius 1 is 1.19 bits per heavy atom. The maximum absolute atomic E-state index is 12.9. The molecule has 1 fully saturated rings. The number of benzene rings is 1. The van der Waals surface area contributed by atoms with Gasteiger partial charge in [0.2, 0.25) is 11.8 Å². The fraction of sp³-hybridized carbons (Fsp3) is 0.526. The van der Waals surface area contributed by atoms with Crippen molar-refractivity contribution in [3.05, 3.63) is 35.6 Å². The smallest absolute Gasteiger partial charge is 0.251 e. The largest absolute Gasteiger partial charge is 0.353 e. The molecule has 8 heteroatoms. The lowest BCUT2D eigenvalue weighted by Gasteiger charge is -2.31. The maximum Gasteiger partial charge on any atom is 0.251 e. The van der Waals surface area contributed by atoms with Crippen LogP contribution in [-0.2, 0) is 9.59 Å². The second-order valence-electron chi connectivity index (χ2n) is 7.23. The van der Waals surface area contributed by atoms with Gasteiger partial charge in [0.25, 0.3) is 5.91 Å². The molecular weight excluding hydrogens is 373 g/mol. The highest BCUT2D eigenvalue weighted by Crippen LogP contribution is 2.27. The SMILES string of the molecule is CC(C)(CCl)C(=O)N1CCC[C@@H]1C(=O)NCCNC(=O)c1ccc(F)cc1. The molecule has 1 aliphatic rings. The third kappa shape index (κ3) is 5.42. The standard InChI is InChI=1S/C19H25ClFN3O3/c1-19(2,12-20)18(27)24-11-3-4-15(24)17(26)23-10-9-22-16(25)13-5-7-14(21)8-6-13/h5-8,15H,3-4,9-12H2,1-2H3,(H,22,25)(H,23,26)/t15-/m1/s1. The van der Waals surface area contributed by atoms with Crippen LogP contribution in [0.15, 0.2) is 24.3 Å². The molecule has 1 aromatic rings. The lowest BCUT2D eigenvalue weighted by atomic mass is 9.94. The second-order valence-corrected chi connectivity index (χ2v) is 7.50. The van der Waals surface area contributed by atoms with Crippen molar-refractivity contribution in [1.82, 2.24) is 15.5 Å². The number of amides is 3. The summed E-state index contributed by atoms with van der Waals surface area (Å²) in [6.45, 7) is 4.54. The molecule has 2 N–H and O–H groups in total. The van der Waals surface area contributed by atoms with E-state index in [2.05, 4.69) is 10.6 Å². The molecule has 0 aliphatic carbocycles. The summed E-state index contributed by atoms with van der Waals surface area (Å²) in [6.07, 6.45) is 1.38. The first-order valence-corrected chi connectivity index (χ1v) is 9.48. The summed E-state index contributed by atoms with van der Waals surface area (Å²) in [5.41, 5.74) is -0.369. The van der Waals surface area contributed by atoms with Gasteiger partial charge in [-0.1, -0.05) is 0 Å². The molecule has 0 aromatic heterocycles. The van der Waals surface area contributed by atoms with Gasteiger partial charge in [0.1, 0.15) is 11.9 Å². The molecule has 27 heavy (non-hydrogen) atoms. The van der Waals surface area contributed by atoms with Crippen molar-refractivity contribution in [2.24, 2.45) is 5.41 Å². The van der Waals surface area contributed by atoms with Gasteiger partial charge in [-0.25, -0.2) is 4.39 Å². The van der Waals surface area contributed by atoms with Gasteiger partial charge < -0.3 is 15.5 Å². The molecule has 1 atom stereocenters. The number of nitrogens with one attached hydrogen (secondary N) is 2. The highest BCUT2D eigenvalue weighted by Gasteiger charge is 2.40. The number of rotatable bonds is 7. The zero-order valence-corrected chi connectivity index (χ0v) is 16.3. The van der Waals surface area contributed by atoms with E-state index < -0.39 is 17.3 Å². The van der Waals surface area contributed by atoms with Gasteiger partial charge in [0.05, 0.1) is 5.41 Å². The van der Waals surface area contributed by atoms with Crippen LogP contribution in [0.1, 0.15) is 37.0 Å². The van der Waals surface area contributed by atoms with E-state index in [4.69, 9.17) is 11.6 Å². The Labute approximate surface area is 163 Å². The predicted octanol–water partition coefficient (Wildman–Crippen LogP) is 1.93. The number of halogens is 2. The van der Waals surface area contributed by atoms with Gasteiger partial charge in [0, 0.05) is 31.1 Å². The van der Waals surface area contributed by atoms with E-state index in [-0.39, 0.29) is 36.7 Å². The number of hydrogen-bond donors (Lipinski definition) is 2. The van der Waals surface area contributed by atoms with Crippen LogP contribution in [0.4, 0.5) is 4.39 Å². The molecule has 0 unspecified atom stereocenters. The topological polar surface area (TPSA) is 78.5 Å². The third-order valence-corrected chi connectivity index (χ3v) is 5.21. The number of carbonyl (C=O) groups is 3. The molecular formula is C19H25ClFN3O3. The predicted molar refractivity (Wildman–Crippen MR) is 101 cm³/mol. The van der Waals surface area contributed by atoms with E-state index in [9.17, 15) is 18.8 Å². The van der Waals surface area contributed by atoms with E-state index in [1.165, 1.54) is 24.3 Å². The Morgan fingerprint density at radius 3 is 2.44 bits per heavy atom.